The van der Waals surface area contributed by atoms with Gasteiger partial charge in [0.15, 0.2) is 5.79 Å². The van der Waals surface area contributed by atoms with E-state index in [1.54, 1.807) is 13.0 Å². The summed E-state index contributed by atoms with van der Waals surface area (Å²) in [6, 6.07) is 0. The van der Waals surface area contributed by atoms with Crippen molar-refractivity contribution >= 4 is 5.97 Å². The molecule has 0 saturated carbocycles. The third-order valence-electron chi connectivity index (χ3n) is 7.50. The molecule has 0 aromatic carbocycles. The predicted molar refractivity (Wildman–Crippen MR) is 147 cm³/mol. The van der Waals surface area contributed by atoms with E-state index in [1.807, 2.05) is 19.9 Å². The predicted octanol–water partition coefficient (Wildman–Crippen LogP) is 7.15. The van der Waals surface area contributed by atoms with Crippen molar-refractivity contribution in [2.45, 2.75) is 110 Å². The van der Waals surface area contributed by atoms with Crippen LogP contribution in [-0.4, -0.2) is 40.3 Å². The van der Waals surface area contributed by atoms with E-state index in [2.05, 4.69) is 38.7 Å². The highest BCUT2D eigenvalue weighted by atomic mass is 16.7. The van der Waals surface area contributed by atoms with Gasteiger partial charge in [0.05, 0.1) is 18.3 Å². The molecule has 0 aromatic rings. The molecule has 7 atom stereocenters. The summed E-state index contributed by atoms with van der Waals surface area (Å²) in [7, 11) is 0. The molecule has 2 N–H and O–H groups in total. The average Bonchev–Trinajstić information content (AvgIpc) is 2.84. The highest BCUT2D eigenvalue weighted by Crippen LogP contribution is 2.44. The Balaban J connectivity index is 2.03. The van der Waals surface area contributed by atoms with Gasteiger partial charge in [0.2, 0.25) is 0 Å². The number of carboxylic acid groups (broad SMARTS) is 1. The monoisotopic (exact) mass is 500 g/mol. The van der Waals surface area contributed by atoms with Crippen molar-refractivity contribution < 1.29 is 24.5 Å². The molecular weight excluding hydrogens is 452 g/mol. The van der Waals surface area contributed by atoms with E-state index in [4.69, 9.17) is 14.6 Å². The van der Waals surface area contributed by atoms with E-state index in [-0.39, 0.29) is 18.1 Å². The van der Waals surface area contributed by atoms with Crippen LogP contribution < -0.4 is 0 Å². The van der Waals surface area contributed by atoms with Gasteiger partial charge in [0.25, 0.3) is 0 Å². The molecular formula is C31H48O5. The molecule has 2 aliphatic rings. The summed E-state index contributed by atoms with van der Waals surface area (Å²) >= 11 is 0. The van der Waals surface area contributed by atoms with Gasteiger partial charge in [-0.1, -0.05) is 87.8 Å². The van der Waals surface area contributed by atoms with E-state index >= 15 is 0 Å². The molecule has 2 saturated heterocycles. The minimum absolute atomic E-state index is 0.0647. The van der Waals surface area contributed by atoms with E-state index in [9.17, 15) is 9.90 Å². The van der Waals surface area contributed by atoms with Gasteiger partial charge in [0.1, 0.15) is 0 Å². The first-order valence-electron chi connectivity index (χ1n) is 13.7. The van der Waals surface area contributed by atoms with Gasteiger partial charge >= 0.3 is 5.97 Å². The Morgan fingerprint density at radius 3 is 2.53 bits per heavy atom. The first-order chi connectivity index (χ1) is 17.0. The Labute approximate surface area is 218 Å². The van der Waals surface area contributed by atoms with Gasteiger partial charge in [-0.05, 0) is 51.4 Å². The maximum atomic E-state index is 10.7. The first kappa shape index (κ1) is 30.3. The summed E-state index contributed by atoms with van der Waals surface area (Å²) in [6.45, 7) is 14.3. The van der Waals surface area contributed by atoms with E-state index in [0.29, 0.717) is 11.8 Å². The number of carboxylic acids is 1. The molecule has 5 heteroatoms. The number of hydrogen-bond acceptors (Lipinski definition) is 4. The SMILES string of the molecule is C=C(C)C=CC1OC2(CCC(C)C(CC=C(C)C=CC(O)C(C)C=CC(=O)O)O2)CCC1CCCC. The second-order valence-corrected chi connectivity index (χ2v) is 10.9. The van der Waals surface area contributed by atoms with Gasteiger partial charge in [-0.25, -0.2) is 4.79 Å². The Bertz CT molecular complexity index is 838. The zero-order valence-electron chi connectivity index (χ0n) is 23.0. The number of aliphatic hydroxyl groups is 1. The van der Waals surface area contributed by atoms with Gasteiger partial charge in [0, 0.05) is 24.8 Å². The van der Waals surface area contributed by atoms with Crippen LogP contribution in [-0.2, 0) is 14.3 Å². The van der Waals surface area contributed by atoms with Gasteiger partial charge in [-0.3, -0.25) is 0 Å². The molecule has 7 unspecified atom stereocenters. The molecule has 0 aliphatic carbocycles. The summed E-state index contributed by atoms with van der Waals surface area (Å²) in [6.07, 6.45) is 20.5. The molecule has 2 fully saturated rings. The lowest BCUT2D eigenvalue weighted by Gasteiger charge is -2.49. The van der Waals surface area contributed by atoms with Crippen LogP contribution in [0, 0.1) is 17.8 Å². The second-order valence-electron chi connectivity index (χ2n) is 10.9. The van der Waals surface area contributed by atoms with Crippen molar-refractivity contribution in [3.05, 3.63) is 60.3 Å². The Kier molecular flexibility index (Phi) is 12.4. The summed E-state index contributed by atoms with van der Waals surface area (Å²) in [4.78, 5) is 10.7. The highest BCUT2D eigenvalue weighted by molar-refractivity contribution is 5.79. The van der Waals surface area contributed by atoms with Crippen molar-refractivity contribution in [2.75, 3.05) is 0 Å². The molecule has 0 amide bonds. The third kappa shape index (κ3) is 9.84. The lowest BCUT2D eigenvalue weighted by Crippen LogP contribution is -2.52. The molecule has 202 valence electrons. The summed E-state index contributed by atoms with van der Waals surface area (Å²) < 4.78 is 13.5. The number of aliphatic carboxylic acids is 1. The summed E-state index contributed by atoms with van der Waals surface area (Å²) in [5.41, 5.74) is 2.08. The molecule has 36 heavy (non-hydrogen) atoms. The second kappa shape index (κ2) is 14.7. The highest BCUT2D eigenvalue weighted by Gasteiger charge is 2.46. The van der Waals surface area contributed by atoms with Crippen LogP contribution in [0.1, 0.15) is 86.0 Å². The molecule has 0 radical (unpaired) electrons. The largest absolute Gasteiger partial charge is 0.478 e. The minimum Gasteiger partial charge on any atom is -0.478 e. The van der Waals surface area contributed by atoms with Crippen LogP contribution in [0.15, 0.2) is 60.3 Å². The number of carbonyl (C=O) groups is 1. The van der Waals surface area contributed by atoms with Gasteiger partial charge < -0.3 is 19.7 Å². The van der Waals surface area contributed by atoms with Crippen LogP contribution in [0.4, 0.5) is 0 Å². The van der Waals surface area contributed by atoms with Gasteiger partial charge in [-0.15, -0.1) is 0 Å². The zero-order chi connectivity index (χ0) is 26.7. The summed E-state index contributed by atoms with van der Waals surface area (Å²) in [5.74, 6) is -0.822. The number of unbranched alkanes of at least 4 members (excludes halogenated alkanes) is 1. The third-order valence-corrected chi connectivity index (χ3v) is 7.50. The maximum absolute atomic E-state index is 10.7. The maximum Gasteiger partial charge on any atom is 0.327 e. The first-order valence-corrected chi connectivity index (χ1v) is 13.7. The zero-order valence-corrected chi connectivity index (χ0v) is 23.0. The Morgan fingerprint density at radius 2 is 1.86 bits per heavy atom. The fraction of sp³-hybridized carbons (Fsp3) is 0.645. The topological polar surface area (TPSA) is 76.0 Å². The lowest BCUT2D eigenvalue weighted by molar-refractivity contribution is -0.324. The van der Waals surface area contributed by atoms with Crippen molar-refractivity contribution in [3.63, 3.8) is 0 Å². The number of rotatable bonds is 12. The molecule has 0 bridgehead atoms. The summed E-state index contributed by atoms with van der Waals surface area (Å²) in [5, 5.41) is 19.0. The van der Waals surface area contributed by atoms with Gasteiger partial charge in [-0.2, -0.15) is 0 Å². The van der Waals surface area contributed by atoms with Crippen LogP contribution in [0.5, 0.6) is 0 Å². The Hall–Kier alpha value is -1.95. The molecule has 0 aromatic heterocycles. The fourth-order valence-electron chi connectivity index (χ4n) is 4.98. The number of aliphatic hydroxyl groups excluding tert-OH is 1. The minimum atomic E-state index is -1.01. The standard InChI is InChI=1S/C31H48O5/c1-7-8-9-26-19-21-31(36-29(26)15-10-22(2)3)20-18-25(6)28(35-31)16-12-23(4)11-14-27(32)24(5)13-17-30(33)34/h10-15,17,24-29,32H,2,7-9,16,18-21H2,1,3-6H3,(H,33,34). The van der Waals surface area contributed by atoms with Crippen molar-refractivity contribution in [2.24, 2.45) is 17.8 Å². The van der Waals surface area contributed by atoms with E-state index in [0.717, 1.165) is 49.3 Å². The van der Waals surface area contributed by atoms with Crippen LogP contribution in [0.25, 0.3) is 0 Å². The molecule has 1 spiro atoms. The normalized spacial score (nSPS) is 31.4. The van der Waals surface area contributed by atoms with E-state index in [1.165, 1.54) is 25.3 Å². The van der Waals surface area contributed by atoms with Crippen molar-refractivity contribution in [1.29, 1.82) is 0 Å². The van der Waals surface area contributed by atoms with Crippen LogP contribution in [0.3, 0.4) is 0 Å². The molecule has 2 aliphatic heterocycles. The van der Waals surface area contributed by atoms with Crippen LogP contribution in [0.2, 0.25) is 0 Å². The molecule has 2 rings (SSSR count). The average molecular weight is 501 g/mol. The fourth-order valence-corrected chi connectivity index (χ4v) is 4.98. The van der Waals surface area contributed by atoms with Crippen molar-refractivity contribution in [3.8, 4) is 0 Å². The van der Waals surface area contributed by atoms with E-state index < -0.39 is 17.9 Å². The Morgan fingerprint density at radius 1 is 1.14 bits per heavy atom. The lowest BCUT2D eigenvalue weighted by atomic mass is 9.81. The number of allylic oxidation sites excluding steroid dienone is 4. The molecule has 5 nitrogen and oxygen atoms in total. The number of ether oxygens (including phenoxy) is 2. The quantitative estimate of drug-likeness (QED) is 0.220. The number of hydrogen-bond donors (Lipinski definition) is 2. The van der Waals surface area contributed by atoms with Crippen LogP contribution >= 0.6 is 0 Å². The smallest absolute Gasteiger partial charge is 0.327 e. The molecule has 2 heterocycles. The van der Waals surface area contributed by atoms with Crippen molar-refractivity contribution in [1.82, 2.24) is 0 Å².